The van der Waals surface area contributed by atoms with E-state index in [1.807, 2.05) is 18.2 Å². The molecule has 0 aliphatic carbocycles. The molecular formula is C19H20Cl2N2O. The SMILES string of the molecule is O=C(NCC(c1cccc(Cl)c1)N1CCCC1)c1ccc(Cl)cc1. The highest BCUT2D eigenvalue weighted by Crippen LogP contribution is 2.26. The molecule has 1 aliphatic heterocycles. The van der Waals surface area contributed by atoms with Crippen molar-refractivity contribution in [3.63, 3.8) is 0 Å². The summed E-state index contributed by atoms with van der Waals surface area (Å²) < 4.78 is 0. The van der Waals surface area contributed by atoms with Gasteiger partial charge < -0.3 is 5.32 Å². The first-order valence-corrected chi connectivity index (χ1v) is 8.92. The van der Waals surface area contributed by atoms with Gasteiger partial charge in [-0.05, 0) is 67.9 Å². The van der Waals surface area contributed by atoms with Crippen LogP contribution >= 0.6 is 23.2 Å². The van der Waals surface area contributed by atoms with Gasteiger partial charge >= 0.3 is 0 Å². The van der Waals surface area contributed by atoms with Gasteiger partial charge in [0.15, 0.2) is 0 Å². The maximum Gasteiger partial charge on any atom is 0.251 e. The minimum absolute atomic E-state index is 0.0853. The summed E-state index contributed by atoms with van der Waals surface area (Å²) in [6, 6.07) is 15.0. The van der Waals surface area contributed by atoms with Crippen LogP contribution < -0.4 is 5.32 Å². The van der Waals surface area contributed by atoms with Crippen LogP contribution in [-0.4, -0.2) is 30.4 Å². The number of rotatable bonds is 5. The second kappa shape index (κ2) is 8.02. The third-order valence-electron chi connectivity index (χ3n) is 4.38. The monoisotopic (exact) mass is 362 g/mol. The van der Waals surface area contributed by atoms with Crippen molar-refractivity contribution < 1.29 is 4.79 Å². The zero-order valence-corrected chi connectivity index (χ0v) is 14.9. The van der Waals surface area contributed by atoms with E-state index in [9.17, 15) is 4.79 Å². The number of halogens is 2. The van der Waals surface area contributed by atoms with Crippen LogP contribution in [0.5, 0.6) is 0 Å². The molecule has 2 aromatic rings. The van der Waals surface area contributed by atoms with Gasteiger partial charge in [0.05, 0.1) is 6.04 Å². The number of carbonyl (C=O) groups is 1. The fourth-order valence-electron chi connectivity index (χ4n) is 3.12. The molecule has 0 spiro atoms. The van der Waals surface area contributed by atoms with Gasteiger partial charge in [-0.25, -0.2) is 0 Å². The highest BCUT2D eigenvalue weighted by molar-refractivity contribution is 6.30. The molecule has 0 saturated carbocycles. The maximum absolute atomic E-state index is 12.4. The van der Waals surface area contributed by atoms with E-state index in [0.717, 1.165) is 23.7 Å². The van der Waals surface area contributed by atoms with E-state index in [1.54, 1.807) is 24.3 Å². The molecule has 1 unspecified atom stereocenters. The van der Waals surface area contributed by atoms with E-state index in [4.69, 9.17) is 23.2 Å². The minimum Gasteiger partial charge on any atom is -0.350 e. The minimum atomic E-state index is -0.0853. The molecule has 3 rings (SSSR count). The molecule has 1 amide bonds. The van der Waals surface area contributed by atoms with Crippen molar-refractivity contribution in [2.75, 3.05) is 19.6 Å². The number of nitrogens with one attached hydrogen (secondary N) is 1. The lowest BCUT2D eigenvalue weighted by atomic mass is 10.1. The highest BCUT2D eigenvalue weighted by atomic mass is 35.5. The number of carbonyl (C=O) groups excluding carboxylic acids is 1. The van der Waals surface area contributed by atoms with Crippen LogP contribution in [0.4, 0.5) is 0 Å². The second-order valence-corrected chi connectivity index (χ2v) is 6.90. The van der Waals surface area contributed by atoms with Crippen molar-refractivity contribution in [3.05, 3.63) is 69.7 Å². The lowest BCUT2D eigenvalue weighted by Crippen LogP contribution is -2.36. The van der Waals surface area contributed by atoms with Crippen LogP contribution in [0.25, 0.3) is 0 Å². The maximum atomic E-state index is 12.4. The molecule has 1 aliphatic rings. The van der Waals surface area contributed by atoms with Crippen LogP contribution in [0.3, 0.4) is 0 Å². The van der Waals surface area contributed by atoms with Crippen LogP contribution in [0.15, 0.2) is 48.5 Å². The summed E-state index contributed by atoms with van der Waals surface area (Å²) in [5.41, 5.74) is 1.76. The predicted molar refractivity (Wildman–Crippen MR) is 98.8 cm³/mol. The van der Waals surface area contributed by atoms with E-state index in [-0.39, 0.29) is 11.9 Å². The summed E-state index contributed by atoms with van der Waals surface area (Å²) in [5.74, 6) is -0.0853. The summed E-state index contributed by atoms with van der Waals surface area (Å²) in [6.07, 6.45) is 2.39. The predicted octanol–water partition coefficient (Wildman–Crippen LogP) is 4.56. The molecular weight excluding hydrogens is 343 g/mol. The highest BCUT2D eigenvalue weighted by Gasteiger charge is 2.24. The van der Waals surface area contributed by atoms with Gasteiger partial charge in [-0.2, -0.15) is 0 Å². The van der Waals surface area contributed by atoms with Gasteiger partial charge in [-0.15, -0.1) is 0 Å². The number of hydrogen-bond acceptors (Lipinski definition) is 2. The average Bonchev–Trinajstić information content (AvgIpc) is 3.10. The van der Waals surface area contributed by atoms with Crippen molar-refractivity contribution >= 4 is 29.1 Å². The summed E-state index contributed by atoms with van der Waals surface area (Å²) in [7, 11) is 0. The molecule has 1 atom stereocenters. The fourth-order valence-corrected chi connectivity index (χ4v) is 3.44. The van der Waals surface area contributed by atoms with Gasteiger partial charge in [-0.1, -0.05) is 35.3 Å². The molecule has 126 valence electrons. The standard InChI is InChI=1S/C19H20Cl2N2O/c20-16-8-6-14(7-9-16)19(24)22-13-18(23-10-1-2-11-23)15-4-3-5-17(21)12-15/h3-9,12,18H,1-2,10-11,13H2,(H,22,24). The van der Waals surface area contributed by atoms with Gasteiger partial charge in [0, 0.05) is 22.2 Å². The van der Waals surface area contributed by atoms with Crippen molar-refractivity contribution in [2.45, 2.75) is 18.9 Å². The van der Waals surface area contributed by atoms with Gasteiger partial charge in [0.1, 0.15) is 0 Å². The Kier molecular flexibility index (Phi) is 5.77. The van der Waals surface area contributed by atoms with E-state index >= 15 is 0 Å². The number of amides is 1. The Hall–Kier alpha value is -1.55. The molecule has 0 aromatic heterocycles. The zero-order valence-electron chi connectivity index (χ0n) is 13.3. The van der Waals surface area contributed by atoms with Gasteiger partial charge in [0.25, 0.3) is 5.91 Å². The normalized spacial score (nSPS) is 16.1. The number of benzene rings is 2. The number of nitrogens with zero attached hydrogens (tertiary/aromatic N) is 1. The van der Waals surface area contributed by atoms with Gasteiger partial charge in [-0.3, -0.25) is 9.69 Å². The average molecular weight is 363 g/mol. The Bertz CT molecular complexity index is 697. The van der Waals surface area contributed by atoms with Crippen LogP contribution in [0, 0.1) is 0 Å². The molecule has 1 saturated heterocycles. The Balaban J connectivity index is 1.72. The first-order chi connectivity index (χ1) is 11.6. The van der Waals surface area contributed by atoms with E-state index in [0.29, 0.717) is 17.1 Å². The third-order valence-corrected chi connectivity index (χ3v) is 4.86. The first-order valence-electron chi connectivity index (χ1n) is 8.17. The lowest BCUT2D eigenvalue weighted by Gasteiger charge is -2.28. The van der Waals surface area contributed by atoms with Crippen molar-refractivity contribution in [2.24, 2.45) is 0 Å². The summed E-state index contributed by atoms with van der Waals surface area (Å²) >= 11 is 12.0. The second-order valence-electron chi connectivity index (χ2n) is 6.03. The molecule has 0 radical (unpaired) electrons. The van der Waals surface area contributed by atoms with Crippen LogP contribution in [0.2, 0.25) is 10.0 Å². The smallest absolute Gasteiger partial charge is 0.251 e. The summed E-state index contributed by atoms with van der Waals surface area (Å²) in [5, 5.41) is 4.39. The van der Waals surface area contributed by atoms with Crippen molar-refractivity contribution in [3.8, 4) is 0 Å². The Morgan fingerprint density at radius 2 is 1.75 bits per heavy atom. The van der Waals surface area contributed by atoms with Crippen LogP contribution in [-0.2, 0) is 0 Å². The molecule has 24 heavy (non-hydrogen) atoms. The molecule has 1 N–H and O–H groups in total. The molecule has 1 heterocycles. The molecule has 0 bridgehead atoms. The lowest BCUT2D eigenvalue weighted by molar-refractivity contribution is 0.0938. The number of hydrogen-bond donors (Lipinski definition) is 1. The number of likely N-dealkylation sites (tertiary alicyclic amines) is 1. The zero-order chi connectivity index (χ0) is 16.9. The van der Waals surface area contributed by atoms with E-state index in [1.165, 1.54) is 12.8 Å². The van der Waals surface area contributed by atoms with Crippen molar-refractivity contribution in [1.82, 2.24) is 10.2 Å². The van der Waals surface area contributed by atoms with E-state index < -0.39 is 0 Å². The largest absolute Gasteiger partial charge is 0.350 e. The summed E-state index contributed by atoms with van der Waals surface area (Å²) in [4.78, 5) is 14.8. The van der Waals surface area contributed by atoms with Gasteiger partial charge in [0.2, 0.25) is 0 Å². The molecule has 1 fully saturated rings. The Morgan fingerprint density at radius 3 is 2.42 bits per heavy atom. The van der Waals surface area contributed by atoms with Crippen LogP contribution in [0.1, 0.15) is 34.8 Å². The molecule has 3 nitrogen and oxygen atoms in total. The topological polar surface area (TPSA) is 32.3 Å². The van der Waals surface area contributed by atoms with Crippen molar-refractivity contribution in [1.29, 1.82) is 0 Å². The Labute approximate surface area is 152 Å². The first kappa shape index (κ1) is 17.3. The Morgan fingerprint density at radius 1 is 1.04 bits per heavy atom. The molecule has 2 aromatic carbocycles. The summed E-state index contributed by atoms with van der Waals surface area (Å²) in [6.45, 7) is 2.66. The fraction of sp³-hybridized carbons (Fsp3) is 0.316. The quantitative estimate of drug-likeness (QED) is 0.845. The molecule has 5 heteroatoms. The van der Waals surface area contributed by atoms with E-state index in [2.05, 4.69) is 16.3 Å². The third kappa shape index (κ3) is 4.29.